The Balaban J connectivity index is 1.84. The summed E-state index contributed by atoms with van der Waals surface area (Å²) in [6.45, 7) is 3.54. The minimum atomic E-state index is -0.821. The molecule has 2 rings (SSSR count). The largest absolute Gasteiger partial charge is 0.452 e. The topological polar surface area (TPSA) is 55.4 Å². The lowest BCUT2D eigenvalue weighted by atomic mass is 10.2. The SMILES string of the molecule is Cc1ccc(NC(=O)[C@@H](C)OC(=O)Cc2cccs2)cc1. The number of hydrogen-bond donors (Lipinski definition) is 1. The molecule has 21 heavy (non-hydrogen) atoms. The first-order chi connectivity index (χ1) is 10.0. The van der Waals surface area contributed by atoms with E-state index in [1.165, 1.54) is 11.3 Å². The van der Waals surface area contributed by atoms with E-state index >= 15 is 0 Å². The number of rotatable bonds is 5. The molecule has 2 aromatic rings. The smallest absolute Gasteiger partial charge is 0.311 e. The van der Waals surface area contributed by atoms with Gasteiger partial charge in [0.05, 0.1) is 6.42 Å². The average Bonchev–Trinajstić information content (AvgIpc) is 2.94. The van der Waals surface area contributed by atoms with Crippen molar-refractivity contribution in [3.8, 4) is 0 Å². The Kier molecular flexibility index (Phi) is 5.11. The number of ether oxygens (including phenoxy) is 1. The molecule has 1 heterocycles. The molecule has 0 bridgehead atoms. The summed E-state index contributed by atoms with van der Waals surface area (Å²) in [4.78, 5) is 24.6. The van der Waals surface area contributed by atoms with Crippen LogP contribution in [-0.2, 0) is 20.7 Å². The van der Waals surface area contributed by atoms with Crippen LogP contribution in [0.15, 0.2) is 41.8 Å². The number of carbonyl (C=O) groups excluding carboxylic acids is 2. The van der Waals surface area contributed by atoms with Gasteiger partial charge < -0.3 is 10.1 Å². The zero-order chi connectivity index (χ0) is 15.2. The first-order valence-electron chi connectivity index (χ1n) is 6.64. The molecule has 5 heteroatoms. The first-order valence-corrected chi connectivity index (χ1v) is 7.52. The number of anilines is 1. The van der Waals surface area contributed by atoms with Gasteiger partial charge in [-0.15, -0.1) is 11.3 Å². The second kappa shape index (κ2) is 7.04. The van der Waals surface area contributed by atoms with Gasteiger partial charge >= 0.3 is 5.97 Å². The average molecular weight is 303 g/mol. The van der Waals surface area contributed by atoms with Gasteiger partial charge in [0, 0.05) is 10.6 Å². The third-order valence-corrected chi connectivity index (χ3v) is 3.77. The predicted molar refractivity (Wildman–Crippen MR) is 83.4 cm³/mol. The Bertz CT molecular complexity index is 605. The van der Waals surface area contributed by atoms with Crippen molar-refractivity contribution >= 4 is 28.9 Å². The van der Waals surface area contributed by atoms with Crippen LogP contribution in [-0.4, -0.2) is 18.0 Å². The lowest BCUT2D eigenvalue weighted by Gasteiger charge is -2.13. The van der Waals surface area contributed by atoms with Crippen LogP contribution in [0.25, 0.3) is 0 Å². The van der Waals surface area contributed by atoms with Gasteiger partial charge in [0.15, 0.2) is 6.10 Å². The number of carbonyl (C=O) groups is 2. The van der Waals surface area contributed by atoms with Crippen molar-refractivity contribution in [2.24, 2.45) is 0 Å². The van der Waals surface area contributed by atoms with Gasteiger partial charge in [-0.3, -0.25) is 9.59 Å². The summed E-state index contributed by atoms with van der Waals surface area (Å²) in [5, 5.41) is 4.62. The number of benzene rings is 1. The highest BCUT2D eigenvalue weighted by molar-refractivity contribution is 7.10. The number of esters is 1. The molecule has 0 saturated carbocycles. The number of aryl methyl sites for hydroxylation is 1. The van der Waals surface area contributed by atoms with E-state index in [0.29, 0.717) is 5.69 Å². The lowest BCUT2D eigenvalue weighted by molar-refractivity contribution is -0.152. The molecule has 1 N–H and O–H groups in total. The molecule has 1 aromatic carbocycles. The first kappa shape index (κ1) is 15.3. The third-order valence-electron chi connectivity index (χ3n) is 2.90. The van der Waals surface area contributed by atoms with Gasteiger partial charge in [-0.2, -0.15) is 0 Å². The van der Waals surface area contributed by atoms with Crippen LogP contribution in [0.1, 0.15) is 17.4 Å². The van der Waals surface area contributed by atoms with Crippen molar-refractivity contribution in [1.82, 2.24) is 0 Å². The second-order valence-corrected chi connectivity index (χ2v) is 5.78. The molecule has 110 valence electrons. The van der Waals surface area contributed by atoms with Gasteiger partial charge in [-0.05, 0) is 37.4 Å². The van der Waals surface area contributed by atoms with Crippen LogP contribution in [0.2, 0.25) is 0 Å². The van der Waals surface area contributed by atoms with Crippen LogP contribution in [0, 0.1) is 6.92 Å². The van der Waals surface area contributed by atoms with E-state index in [4.69, 9.17) is 4.74 Å². The Morgan fingerprint density at radius 2 is 1.95 bits per heavy atom. The van der Waals surface area contributed by atoms with Gasteiger partial charge in [-0.25, -0.2) is 0 Å². The van der Waals surface area contributed by atoms with Crippen molar-refractivity contribution in [2.45, 2.75) is 26.4 Å². The Morgan fingerprint density at radius 3 is 2.57 bits per heavy atom. The molecule has 0 unspecified atom stereocenters. The van der Waals surface area contributed by atoms with E-state index in [1.54, 1.807) is 6.92 Å². The molecule has 1 atom stereocenters. The molecule has 0 saturated heterocycles. The van der Waals surface area contributed by atoms with E-state index in [-0.39, 0.29) is 12.3 Å². The van der Waals surface area contributed by atoms with E-state index in [9.17, 15) is 9.59 Å². The Labute approximate surface area is 127 Å². The highest BCUT2D eigenvalue weighted by Crippen LogP contribution is 2.12. The van der Waals surface area contributed by atoms with Crippen LogP contribution in [0.5, 0.6) is 0 Å². The zero-order valence-electron chi connectivity index (χ0n) is 12.0. The van der Waals surface area contributed by atoms with Crippen LogP contribution in [0.3, 0.4) is 0 Å². The highest BCUT2D eigenvalue weighted by Gasteiger charge is 2.18. The van der Waals surface area contributed by atoms with Crippen molar-refractivity contribution in [1.29, 1.82) is 0 Å². The second-order valence-electron chi connectivity index (χ2n) is 4.74. The summed E-state index contributed by atoms with van der Waals surface area (Å²) in [7, 11) is 0. The molecule has 1 amide bonds. The van der Waals surface area contributed by atoms with Gasteiger partial charge in [0.1, 0.15) is 0 Å². The fourth-order valence-corrected chi connectivity index (χ4v) is 2.42. The summed E-state index contributed by atoms with van der Waals surface area (Å²) in [5.41, 5.74) is 1.80. The van der Waals surface area contributed by atoms with Crippen LogP contribution in [0.4, 0.5) is 5.69 Å². The quantitative estimate of drug-likeness (QED) is 0.863. The maximum atomic E-state index is 11.9. The molecule has 0 aliphatic heterocycles. The zero-order valence-corrected chi connectivity index (χ0v) is 12.8. The fourth-order valence-electron chi connectivity index (χ4n) is 1.73. The van der Waals surface area contributed by atoms with Gasteiger partial charge in [0.2, 0.25) is 0 Å². The maximum absolute atomic E-state index is 11.9. The predicted octanol–water partition coefficient (Wildman–Crippen LogP) is 3.17. The molecular weight excluding hydrogens is 286 g/mol. The molecule has 1 aromatic heterocycles. The minimum absolute atomic E-state index is 0.194. The molecule has 0 aliphatic carbocycles. The van der Waals surface area contributed by atoms with E-state index in [2.05, 4.69) is 5.32 Å². The number of hydrogen-bond acceptors (Lipinski definition) is 4. The fraction of sp³-hybridized carbons (Fsp3) is 0.250. The maximum Gasteiger partial charge on any atom is 0.311 e. The van der Waals surface area contributed by atoms with Gasteiger partial charge in [0.25, 0.3) is 5.91 Å². The monoisotopic (exact) mass is 303 g/mol. The Hall–Kier alpha value is -2.14. The van der Waals surface area contributed by atoms with E-state index in [0.717, 1.165) is 10.4 Å². The highest BCUT2D eigenvalue weighted by atomic mass is 32.1. The van der Waals surface area contributed by atoms with E-state index in [1.807, 2.05) is 48.7 Å². The molecular formula is C16H17NO3S. The summed E-state index contributed by atoms with van der Waals surface area (Å²) < 4.78 is 5.14. The summed E-state index contributed by atoms with van der Waals surface area (Å²) in [5.74, 6) is -0.734. The number of thiophene rings is 1. The van der Waals surface area contributed by atoms with Crippen molar-refractivity contribution in [3.05, 3.63) is 52.2 Å². The van der Waals surface area contributed by atoms with Crippen LogP contribution >= 0.6 is 11.3 Å². The number of amides is 1. The van der Waals surface area contributed by atoms with Crippen LogP contribution < -0.4 is 5.32 Å². The molecule has 0 spiro atoms. The summed E-state index contributed by atoms with van der Waals surface area (Å²) in [6.07, 6.45) is -0.626. The normalized spacial score (nSPS) is 11.7. The number of nitrogens with one attached hydrogen (secondary N) is 1. The standard InChI is InChI=1S/C16H17NO3S/c1-11-5-7-13(8-6-11)17-16(19)12(2)20-15(18)10-14-4-3-9-21-14/h3-9,12H,10H2,1-2H3,(H,17,19)/t12-/m1/s1. The summed E-state index contributed by atoms with van der Waals surface area (Å²) >= 11 is 1.49. The van der Waals surface area contributed by atoms with Crippen molar-refractivity contribution < 1.29 is 14.3 Å². The van der Waals surface area contributed by atoms with Crippen molar-refractivity contribution in [2.75, 3.05) is 5.32 Å². The lowest BCUT2D eigenvalue weighted by Crippen LogP contribution is -2.30. The third kappa shape index (κ3) is 4.72. The van der Waals surface area contributed by atoms with E-state index < -0.39 is 12.1 Å². The van der Waals surface area contributed by atoms with Gasteiger partial charge in [-0.1, -0.05) is 23.8 Å². The molecule has 0 radical (unpaired) electrons. The Morgan fingerprint density at radius 1 is 1.24 bits per heavy atom. The minimum Gasteiger partial charge on any atom is -0.452 e. The summed E-state index contributed by atoms with van der Waals surface area (Å²) in [6, 6.07) is 11.2. The molecule has 4 nitrogen and oxygen atoms in total. The molecule has 0 aliphatic rings. The van der Waals surface area contributed by atoms with Crippen molar-refractivity contribution in [3.63, 3.8) is 0 Å². The molecule has 0 fully saturated rings.